The molecule has 17 heavy (non-hydrogen) atoms. The number of imide groups is 1. The van der Waals surface area contributed by atoms with Crippen molar-refractivity contribution in [1.29, 1.82) is 0 Å². The Balaban J connectivity index is 2.47. The second-order valence-corrected chi connectivity index (χ2v) is 4.03. The Labute approximate surface area is 104 Å². The Morgan fingerprint density at radius 3 is 2.47 bits per heavy atom. The van der Waals surface area contributed by atoms with Crippen LogP contribution in [0.3, 0.4) is 0 Å². The number of nitrogens with one attached hydrogen (secondary N) is 2. The van der Waals surface area contributed by atoms with Crippen LogP contribution in [-0.2, 0) is 4.79 Å². The average molecular weight is 254 g/mol. The summed E-state index contributed by atoms with van der Waals surface area (Å²) in [5, 5.41) is 4.76. The molecular formula is C11H14N2O3S. The van der Waals surface area contributed by atoms with Gasteiger partial charge in [-0.3, -0.25) is 10.1 Å². The predicted molar refractivity (Wildman–Crippen MR) is 68.5 cm³/mol. The molecule has 0 heterocycles. The summed E-state index contributed by atoms with van der Waals surface area (Å²) in [6.07, 6.45) is 1.79. The third kappa shape index (κ3) is 4.78. The molecule has 0 bridgehead atoms. The van der Waals surface area contributed by atoms with E-state index in [2.05, 4.69) is 10.6 Å². The van der Waals surface area contributed by atoms with Gasteiger partial charge in [0, 0.05) is 5.69 Å². The number of urea groups is 1. The lowest BCUT2D eigenvalue weighted by Gasteiger charge is -2.06. The summed E-state index contributed by atoms with van der Waals surface area (Å²) in [7, 11) is 1.57. The van der Waals surface area contributed by atoms with E-state index in [1.807, 2.05) is 0 Å². The number of hydrogen-bond acceptors (Lipinski definition) is 4. The zero-order valence-corrected chi connectivity index (χ0v) is 10.5. The lowest BCUT2D eigenvalue weighted by atomic mass is 10.3. The van der Waals surface area contributed by atoms with Crippen LogP contribution in [0.4, 0.5) is 10.5 Å². The number of rotatable bonds is 4. The van der Waals surface area contributed by atoms with Crippen LogP contribution in [0, 0.1) is 0 Å². The van der Waals surface area contributed by atoms with Crippen molar-refractivity contribution in [3.63, 3.8) is 0 Å². The number of amides is 3. The van der Waals surface area contributed by atoms with E-state index < -0.39 is 6.03 Å². The minimum absolute atomic E-state index is 0.260. The van der Waals surface area contributed by atoms with E-state index in [0.29, 0.717) is 11.4 Å². The van der Waals surface area contributed by atoms with Crippen molar-refractivity contribution in [2.45, 2.75) is 0 Å². The molecule has 0 aliphatic heterocycles. The number of carbonyl (C=O) groups excluding carboxylic acids is 2. The first kappa shape index (κ1) is 13.4. The topological polar surface area (TPSA) is 67.4 Å². The molecule has 2 N–H and O–H groups in total. The molecule has 1 aromatic carbocycles. The maximum atomic E-state index is 11.4. The molecule has 0 atom stereocenters. The van der Waals surface area contributed by atoms with Gasteiger partial charge in [0.05, 0.1) is 12.9 Å². The van der Waals surface area contributed by atoms with Crippen LogP contribution in [0.2, 0.25) is 0 Å². The number of thioether (sulfide) groups is 1. The molecule has 0 fully saturated rings. The van der Waals surface area contributed by atoms with Crippen molar-refractivity contribution >= 4 is 29.4 Å². The molecule has 0 saturated carbocycles. The number of ether oxygens (including phenoxy) is 1. The van der Waals surface area contributed by atoms with Gasteiger partial charge >= 0.3 is 6.03 Å². The number of methoxy groups -OCH3 is 1. The van der Waals surface area contributed by atoms with Crippen molar-refractivity contribution in [2.75, 3.05) is 24.4 Å². The van der Waals surface area contributed by atoms with Gasteiger partial charge in [0.1, 0.15) is 5.75 Å². The summed E-state index contributed by atoms with van der Waals surface area (Å²) in [4.78, 5) is 22.5. The molecule has 0 unspecified atom stereocenters. The minimum atomic E-state index is -0.533. The highest BCUT2D eigenvalue weighted by Gasteiger charge is 2.06. The van der Waals surface area contributed by atoms with E-state index in [9.17, 15) is 9.59 Å². The minimum Gasteiger partial charge on any atom is -0.497 e. The molecule has 0 aromatic heterocycles. The Morgan fingerprint density at radius 2 is 1.94 bits per heavy atom. The number of anilines is 1. The summed E-state index contributed by atoms with van der Waals surface area (Å²) in [5.41, 5.74) is 0.597. The highest BCUT2D eigenvalue weighted by Crippen LogP contribution is 2.14. The third-order valence-electron chi connectivity index (χ3n) is 1.88. The SMILES string of the molecule is COc1ccc(NC(=O)NC(=O)CSC)cc1. The smallest absolute Gasteiger partial charge is 0.325 e. The highest BCUT2D eigenvalue weighted by atomic mass is 32.2. The maximum absolute atomic E-state index is 11.4. The van der Waals surface area contributed by atoms with Gasteiger partial charge in [0.25, 0.3) is 0 Å². The van der Waals surface area contributed by atoms with Crippen LogP contribution in [0.1, 0.15) is 0 Å². The fourth-order valence-corrected chi connectivity index (χ4v) is 1.46. The number of carbonyl (C=O) groups is 2. The molecule has 1 rings (SSSR count). The monoisotopic (exact) mass is 254 g/mol. The van der Waals surface area contributed by atoms with Crippen LogP contribution in [0.15, 0.2) is 24.3 Å². The van der Waals surface area contributed by atoms with Gasteiger partial charge in [0.15, 0.2) is 0 Å². The maximum Gasteiger partial charge on any atom is 0.325 e. The van der Waals surface area contributed by atoms with Crippen LogP contribution in [0.25, 0.3) is 0 Å². The van der Waals surface area contributed by atoms with Gasteiger partial charge in [-0.25, -0.2) is 4.79 Å². The predicted octanol–water partition coefficient (Wildman–Crippen LogP) is 1.71. The van der Waals surface area contributed by atoms with Crippen molar-refractivity contribution in [3.8, 4) is 5.75 Å². The van der Waals surface area contributed by atoms with E-state index in [4.69, 9.17) is 4.74 Å². The van der Waals surface area contributed by atoms with Crippen molar-refractivity contribution in [2.24, 2.45) is 0 Å². The van der Waals surface area contributed by atoms with E-state index in [-0.39, 0.29) is 11.7 Å². The van der Waals surface area contributed by atoms with Crippen molar-refractivity contribution < 1.29 is 14.3 Å². The molecular weight excluding hydrogens is 240 g/mol. The first-order valence-electron chi connectivity index (χ1n) is 4.89. The highest BCUT2D eigenvalue weighted by molar-refractivity contribution is 7.99. The Hall–Kier alpha value is -1.69. The van der Waals surface area contributed by atoms with Gasteiger partial charge in [-0.05, 0) is 30.5 Å². The molecule has 5 nitrogen and oxygen atoms in total. The van der Waals surface area contributed by atoms with Crippen molar-refractivity contribution in [1.82, 2.24) is 5.32 Å². The summed E-state index contributed by atoms with van der Waals surface area (Å²) in [6, 6.07) is 6.29. The van der Waals surface area contributed by atoms with E-state index >= 15 is 0 Å². The number of hydrogen-bond donors (Lipinski definition) is 2. The third-order valence-corrected chi connectivity index (χ3v) is 2.43. The molecule has 0 aliphatic rings. The van der Waals surface area contributed by atoms with Gasteiger partial charge in [-0.1, -0.05) is 0 Å². The first-order valence-corrected chi connectivity index (χ1v) is 6.29. The van der Waals surface area contributed by atoms with Gasteiger partial charge in [0.2, 0.25) is 5.91 Å². The quantitative estimate of drug-likeness (QED) is 0.858. The zero-order valence-electron chi connectivity index (χ0n) is 9.65. The van der Waals surface area contributed by atoms with Crippen LogP contribution >= 0.6 is 11.8 Å². The van der Waals surface area contributed by atoms with Crippen molar-refractivity contribution in [3.05, 3.63) is 24.3 Å². The summed E-state index contributed by atoms with van der Waals surface area (Å²) < 4.78 is 4.99. The molecule has 0 saturated heterocycles. The molecule has 0 radical (unpaired) electrons. The van der Waals surface area contributed by atoms with E-state index in [1.54, 1.807) is 37.6 Å². The second-order valence-electron chi connectivity index (χ2n) is 3.16. The Kier molecular flexibility index (Phi) is 5.35. The lowest BCUT2D eigenvalue weighted by Crippen LogP contribution is -2.35. The number of benzene rings is 1. The molecule has 92 valence electrons. The normalized spacial score (nSPS) is 9.53. The molecule has 0 aliphatic carbocycles. The summed E-state index contributed by atoms with van der Waals surface area (Å²) in [6.45, 7) is 0. The van der Waals surface area contributed by atoms with Crippen LogP contribution < -0.4 is 15.4 Å². The lowest BCUT2D eigenvalue weighted by molar-refractivity contribution is -0.117. The molecule has 3 amide bonds. The van der Waals surface area contributed by atoms with Gasteiger partial charge < -0.3 is 10.1 Å². The fourth-order valence-electron chi connectivity index (χ4n) is 1.13. The molecule has 0 spiro atoms. The first-order chi connectivity index (χ1) is 8.15. The standard InChI is InChI=1S/C11H14N2O3S/c1-16-9-5-3-8(4-6-9)12-11(15)13-10(14)7-17-2/h3-6H,7H2,1-2H3,(H2,12,13,14,15). The average Bonchev–Trinajstić information content (AvgIpc) is 2.30. The van der Waals surface area contributed by atoms with E-state index in [1.165, 1.54) is 11.8 Å². The molecule has 6 heteroatoms. The largest absolute Gasteiger partial charge is 0.497 e. The Bertz CT molecular complexity index is 392. The summed E-state index contributed by atoms with van der Waals surface area (Å²) in [5.74, 6) is 0.647. The van der Waals surface area contributed by atoms with Crippen LogP contribution in [0.5, 0.6) is 5.75 Å². The van der Waals surface area contributed by atoms with E-state index in [0.717, 1.165) is 0 Å². The van der Waals surface area contributed by atoms with Crippen LogP contribution in [-0.4, -0.2) is 31.1 Å². The fraction of sp³-hybridized carbons (Fsp3) is 0.273. The molecule has 1 aromatic rings. The Morgan fingerprint density at radius 1 is 1.29 bits per heavy atom. The zero-order chi connectivity index (χ0) is 12.7. The second kappa shape index (κ2) is 6.80. The van der Waals surface area contributed by atoms with Gasteiger partial charge in [-0.15, -0.1) is 0 Å². The summed E-state index contributed by atoms with van der Waals surface area (Å²) >= 11 is 1.35. The van der Waals surface area contributed by atoms with Gasteiger partial charge in [-0.2, -0.15) is 11.8 Å².